The van der Waals surface area contributed by atoms with Crippen molar-refractivity contribution in [2.75, 3.05) is 17.6 Å². The summed E-state index contributed by atoms with van der Waals surface area (Å²) in [6.45, 7) is 3.00. The highest BCUT2D eigenvalue weighted by molar-refractivity contribution is 8.00. The Morgan fingerprint density at radius 3 is 3.20 bits per heavy atom. The van der Waals surface area contributed by atoms with Gasteiger partial charge in [-0.05, 0) is 37.7 Å². The van der Waals surface area contributed by atoms with E-state index in [0.717, 1.165) is 6.54 Å². The van der Waals surface area contributed by atoms with Crippen molar-refractivity contribution in [2.45, 2.75) is 24.5 Å². The third-order valence-corrected chi connectivity index (χ3v) is 4.23. The lowest BCUT2D eigenvalue weighted by Gasteiger charge is -2.23. The topological polar surface area (TPSA) is 24.9 Å². The smallest absolute Gasteiger partial charge is 0.165 e. The first kappa shape index (κ1) is 10.7. The van der Waals surface area contributed by atoms with E-state index in [1.54, 1.807) is 12.3 Å². The van der Waals surface area contributed by atoms with Crippen molar-refractivity contribution in [3.05, 3.63) is 24.1 Å². The number of nitrogens with one attached hydrogen (secondary N) is 1. The minimum Gasteiger partial charge on any atom is -0.366 e. The molecule has 0 aromatic carbocycles. The van der Waals surface area contributed by atoms with Gasteiger partial charge in [0, 0.05) is 17.5 Å². The SMILES string of the molecule is CC1(CNc2ncccc2F)CCCS1. The van der Waals surface area contributed by atoms with Crippen LogP contribution in [0, 0.1) is 5.82 Å². The van der Waals surface area contributed by atoms with Gasteiger partial charge < -0.3 is 5.32 Å². The predicted octanol–water partition coefficient (Wildman–Crippen LogP) is 2.92. The molecule has 1 aliphatic heterocycles. The zero-order valence-electron chi connectivity index (χ0n) is 8.79. The average molecular weight is 226 g/mol. The summed E-state index contributed by atoms with van der Waals surface area (Å²) in [5.41, 5.74) is 0. The number of hydrogen-bond acceptors (Lipinski definition) is 3. The first-order chi connectivity index (χ1) is 7.20. The van der Waals surface area contributed by atoms with Crippen molar-refractivity contribution in [1.29, 1.82) is 0 Å². The quantitative estimate of drug-likeness (QED) is 0.857. The fraction of sp³-hybridized carbons (Fsp3) is 0.545. The summed E-state index contributed by atoms with van der Waals surface area (Å²) in [6.07, 6.45) is 4.06. The summed E-state index contributed by atoms with van der Waals surface area (Å²) in [5, 5.41) is 3.09. The number of anilines is 1. The van der Waals surface area contributed by atoms with Gasteiger partial charge in [-0.2, -0.15) is 11.8 Å². The van der Waals surface area contributed by atoms with E-state index in [4.69, 9.17) is 0 Å². The second kappa shape index (κ2) is 4.39. The van der Waals surface area contributed by atoms with Crippen LogP contribution in [0.4, 0.5) is 10.2 Å². The van der Waals surface area contributed by atoms with Gasteiger partial charge in [0.15, 0.2) is 11.6 Å². The number of pyridine rings is 1. The lowest BCUT2D eigenvalue weighted by Crippen LogP contribution is -2.27. The second-order valence-corrected chi connectivity index (χ2v) is 5.77. The number of halogens is 1. The largest absolute Gasteiger partial charge is 0.366 e. The molecule has 1 saturated heterocycles. The number of thioether (sulfide) groups is 1. The van der Waals surface area contributed by atoms with Gasteiger partial charge >= 0.3 is 0 Å². The molecule has 0 saturated carbocycles. The van der Waals surface area contributed by atoms with Crippen LogP contribution in [0.2, 0.25) is 0 Å². The van der Waals surface area contributed by atoms with Crippen LogP contribution in [-0.4, -0.2) is 22.0 Å². The van der Waals surface area contributed by atoms with Gasteiger partial charge in [0.25, 0.3) is 0 Å². The molecule has 0 aliphatic carbocycles. The Hall–Kier alpha value is -0.770. The van der Waals surface area contributed by atoms with E-state index in [0.29, 0.717) is 5.82 Å². The highest BCUT2D eigenvalue weighted by Crippen LogP contribution is 2.37. The van der Waals surface area contributed by atoms with Crippen LogP contribution in [0.15, 0.2) is 18.3 Å². The fourth-order valence-electron chi connectivity index (χ4n) is 1.76. The van der Waals surface area contributed by atoms with E-state index in [1.807, 2.05) is 11.8 Å². The third-order valence-electron chi connectivity index (χ3n) is 2.69. The molecule has 0 bridgehead atoms. The van der Waals surface area contributed by atoms with Gasteiger partial charge in [0.2, 0.25) is 0 Å². The highest BCUT2D eigenvalue weighted by Gasteiger charge is 2.29. The van der Waals surface area contributed by atoms with Crippen molar-refractivity contribution in [2.24, 2.45) is 0 Å². The summed E-state index contributed by atoms with van der Waals surface area (Å²) in [5.74, 6) is 1.30. The zero-order valence-corrected chi connectivity index (χ0v) is 9.61. The van der Waals surface area contributed by atoms with Crippen LogP contribution in [0.3, 0.4) is 0 Å². The molecule has 0 radical (unpaired) electrons. The molecule has 1 aromatic rings. The molecule has 15 heavy (non-hydrogen) atoms. The lowest BCUT2D eigenvalue weighted by molar-refractivity contribution is 0.609. The molecule has 0 amide bonds. The lowest BCUT2D eigenvalue weighted by atomic mass is 10.1. The van der Waals surface area contributed by atoms with Gasteiger partial charge in [-0.3, -0.25) is 0 Å². The molecular weight excluding hydrogens is 211 g/mol. The summed E-state index contributed by atoms with van der Waals surface area (Å²) in [4.78, 5) is 3.97. The maximum Gasteiger partial charge on any atom is 0.165 e. The standard InChI is InChI=1S/C11H15FN2S/c1-11(5-3-7-15-11)8-14-10-9(12)4-2-6-13-10/h2,4,6H,3,5,7-8H2,1H3,(H,13,14). The molecule has 82 valence electrons. The van der Waals surface area contributed by atoms with Crippen LogP contribution in [-0.2, 0) is 0 Å². The Labute approximate surface area is 93.7 Å². The van der Waals surface area contributed by atoms with E-state index in [9.17, 15) is 4.39 Å². The maximum atomic E-state index is 13.3. The summed E-state index contributed by atoms with van der Waals surface area (Å²) in [7, 11) is 0. The van der Waals surface area contributed by atoms with E-state index < -0.39 is 0 Å². The van der Waals surface area contributed by atoms with Crippen LogP contribution in [0.1, 0.15) is 19.8 Å². The summed E-state index contributed by atoms with van der Waals surface area (Å²) in [6, 6.07) is 3.03. The molecule has 2 nitrogen and oxygen atoms in total. The van der Waals surface area contributed by atoms with Gasteiger partial charge in [0.1, 0.15) is 0 Å². The Balaban J connectivity index is 1.95. The van der Waals surface area contributed by atoms with Crippen molar-refractivity contribution in [3.8, 4) is 0 Å². The predicted molar refractivity (Wildman–Crippen MR) is 62.8 cm³/mol. The minimum atomic E-state index is -0.274. The Kier molecular flexibility index (Phi) is 3.14. The number of aromatic nitrogens is 1. The Morgan fingerprint density at radius 1 is 1.67 bits per heavy atom. The van der Waals surface area contributed by atoms with Crippen LogP contribution in [0.5, 0.6) is 0 Å². The molecule has 1 fully saturated rings. The molecule has 1 aromatic heterocycles. The van der Waals surface area contributed by atoms with Crippen LogP contribution in [0.25, 0.3) is 0 Å². The minimum absolute atomic E-state index is 0.240. The number of nitrogens with zero attached hydrogens (tertiary/aromatic N) is 1. The monoisotopic (exact) mass is 226 g/mol. The molecule has 1 aliphatic rings. The van der Waals surface area contributed by atoms with Crippen molar-refractivity contribution >= 4 is 17.6 Å². The average Bonchev–Trinajstić information content (AvgIpc) is 2.65. The van der Waals surface area contributed by atoms with Gasteiger partial charge in [0.05, 0.1) is 0 Å². The molecule has 0 spiro atoms. The van der Waals surface area contributed by atoms with Crippen molar-refractivity contribution in [3.63, 3.8) is 0 Å². The Bertz CT molecular complexity index is 337. The first-order valence-corrected chi connectivity index (χ1v) is 6.17. The fourth-order valence-corrected chi connectivity index (χ4v) is 3.01. The van der Waals surface area contributed by atoms with Crippen LogP contribution >= 0.6 is 11.8 Å². The van der Waals surface area contributed by atoms with E-state index in [1.165, 1.54) is 24.7 Å². The van der Waals surface area contributed by atoms with E-state index in [-0.39, 0.29) is 10.6 Å². The molecule has 1 unspecified atom stereocenters. The van der Waals surface area contributed by atoms with Crippen LogP contribution < -0.4 is 5.32 Å². The molecule has 1 atom stereocenters. The van der Waals surface area contributed by atoms with Crippen molar-refractivity contribution in [1.82, 2.24) is 4.98 Å². The van der Waals surface area contributed by atoms with Gasteiger partial charge in [-0.25, -0.2) is 9.37 Å². The molecule has 2 rings (SSSR count). The first-order valence-electron chi connectivity index (χ1n) is 5.18. The Morgan fingerprint density at radius 2 is 2.53 bits per heavy atom. The number of hydrogen-bond donors (Lipinski definition) is 1. The summed E-state index contributed by atoms with van der Waals surface area (Å²) >= 11 is 1.96. The number of rotatable bonds is 3. The second-order valence-electron chi connectivity index (χ2n) is 4.09. The highest BCUT2D eigenvalue weighted by atomic mass is 32.2. The molecular formula is C11H15FN2S. The van der Waals surface area contributed by atoms with Crippen molar-refractivity contribution < 1.29 is 4.39 Å². The van der Waals surface area contributed by atoms with Gasteiger partial charge in [-0.1, -0.05) is 0 Å². The third kappa shape index (κ3) is 2.62. The molecule has 4 heteroatoms. The van der Waals surface area contributed by atoms with E-state index >= 15 is 0 Å². The molecule has 2 heterocycles. The van der Waals surface area contributed by atoms with Gasteiger partial charge in [-0.15, -0.1) is 0 Å². The van der Waals surface area contributed by atoms with E-state index in [2.05, 4.69) is 17.2 Å². The normalized spacial score (nSPS) is 25.5. The molecule has 1 N–H and O–H groups in total. The maximum absolute atomic E-state index is 13.3. The zero-order chi connectivity index (χ0) is 10.7. The summed E-state index contributed by atoms with van der Waals surface area (Å²) < 4.78 is 13.5.